The molecule has 0 radical (unpaired) electrons. The third-order valence-electron chi connectivity index (χ3n) is 4.28. The van der Waals surface area contributed by atoms with Crippen molar-refractivity contribution >= 4 is 0 Å². The van der Waals surface area contributed by atoms with Crippen LogP contribution < -0.4 is 0 Å². The molecule has 102 valence electrons. The van der Waals surface area contributed by atoms with Crippen LogP contribution in [0.15, 0.2) is 0 Å². The molecule has 0 spiro atoms. The maximum Gasteiger partial charge on any atom is 0.0580 e. The molecule has 3 atom stereocenters. The summed E-state index contributed by atoms with van der Waals surface area (Å²) in [6, 6.07) is 0. The van der Waals surface area contributed by atoms with Crippen LogP contribution in [-0.2, 0) is 0 Å². The monoisotopic (exact) mass is 243 g/mol. The molecule has 1 aliphatic carbocycles. The molecule has 0 amide bonds. The quantitative estimate of drug-likeness (QED) is 0.747. The van der Waals surface area contributed by atoms with E-state index < -0.39 is 0 Å². The first-order chi connectivity index (χ1) is 8.08. The highest BCUT2D eigenvalue weighted by molar-refractivity contribution is 4.83. The Labute approximate surface area is 106 Å². The van der Waals surface area contributed by atoms with Crippen LogP contribution in [0.3, 0.4) is 0 Å². The summed E-state index contributed by atoms with van der Waals surface area (Å²) in [6.45, 7) is 9.51. The SMILES string of the molecule is CCN(CCO)CC1CC(C(C)C)CCC1O. The number of hydrogen-bond donors (Lipinski definition) is 2. The fourth-order valence-corrected chi connectivity index (χ4v) is 2.94. The highest BCUT2D eigenvalue weighted by Crippen LogP contribution is 2.34. The van der Waals surface area contributed by atoms with Gasteiger partial charge in [0.1, 0.15) is 0 Å². The summed E-state index contributed by atoms with van der Waals surface area (Å²) >= 11 is 0. The summed E-state index contributed by atoms with van der Waals surface area (Å²) in [5.41, 5.74) is 0. The zero-order chi connectivity index (χ0) is 12.8. The highest BCUT2D eigenvalue weighted by Gasteiger charge is 2.31. The van der Waals surface area contributed by atoms with Gasteiger partial charge in [-0.05, 0) is 43.6 Å². The van der Waals surface area contributed by atoms with Crippen LogP contribution in [0.2, 0.25) is 0 Å². The van der Waals surface area contributed by atoms with E-state index in [1.54, 1.807) is 0 Å². The topological polar surface area (TPSA) is 43.7 Å². The molecule has 0 aromatic rings. The smallest absolute Gasteiger partial charge is 0.0580 e. The zero-order valence-electron chi connectivity index (χ0n) is 11.6. The van der Waals surface area contributed by atoms with Crippen molar-refractivity contribution < 1.29 is 10.2 Å². The van der Waals surface area contributed by atoms with Gasteiger partial charge in [0.2, 0.25) is 0 Å². The minimum absolute atomic E-state index is 0.141. The van der Waals surface area contributed by atoms with E-state index in [2.05, 4.69) is 25.7 Å². The van der Waals surface area contributed by atoms with Gasteiger partial charge in [-0.3, -0.25) is 0 Å². The fourth-order valence-electron chi connectivity index (χ4n) is 2.94. The summed E-state index contributed by atoms with van der Waals surface area (Å²) in [5.74, 6) is 1.87. The summed E-state index contributed by atoms with van der Waals surface area (Å²) in [4.78, 5) is 2.25. The summed E-state index contributed by atoms with van der Waals surface area (Å²) in [7, 11) is 0. The lowest BCUT2D eigenvalue weighted by Gasteiger charge is -2.37. The van der Waals surface area contributed by atoms with Crippen LogP contribution in [-0.4, -0.2) is 47.5 Å². The molecule has 0 saturated heterocycles. The maximum absolute atomic E-state index is 10.1. The molecule has 3 nitrogen and oxygen atoms in total. The van der Waals surface area contributed by atoms with E-state index in [0.29, 0.717) is 5.92 Å². The Balaban J connectivity index is 2.48. The molecule has 0 aromatic carbocycles. The number of likely N-dealkylation sites (N-methyl/N-ethyl adjacent to an activating group) is 1. The Morgan fingerprint density at radius 1 is 1.29 bits per heavy atom. The van der Waals surface area contributed by atoms with Crippen molar-refractivity contribution in [2.24, 2.45) is 17.8 Å². The molecule has 3 unspecified atom stereocenters. The average Bonchev–Trinajstić information content (AvgIpc) is 2.30. The first-order valence-electron chi connectivity index (χ1n) is 7.09. The van der Waals surface area contributed by atoms with Crippen LogP contribution in [0.1, 0.15) is 40.0 Å². The van der Waals surface area contributed by atoms with Gasteiger partial charge in [-0.25, -0.2) is 0 Å². The maximum atomic E-state index is 10.1. The van der Waals surface area contributed by atoms with Crippen LogP contribution in [0.5, 0.6) is 0 Å². The molecule has 0 bridgehead atoms. The van der Waals surface area contributed by atoms with Gasteiger partial charge in [-0.15, -0.1) is 0 Å². The lowest BCUT2D eigenvalue weighted by Crippen LogP contribution is -2.40. The van der Waals surface area contributed by atoms with E-state index in [1.807, 2.05) is 0 Å². The Hall–Kier alpha value is -0.120. The second-order valence-corrected chi connectivity index (χ2v) is 5.76. The minimum Gasteiger partial charge on any atom is -0.395 e. The molecule has 1 rings (SSSR count). The van der Waals surface area contributed by atoms with Crippen LogP contribution >= 0.6 is 0 Å². The van der Waals surface area contributed by atoms with Crippen molar-refractivity contribution in [1.82, 2.24) is 4.90 Å². The van der Waals surface area contributed by atoms with Crippen LogP contribution in [0, 0.1) is 17.8 Å². The van der Waals surface area contributed by atoms with Gasteiger partial charge >= 0.3 is 0 Å². The van der Waals surface area contributed by atoms with Gasteiger partial charge in [0, 0.05) is 13.1 Å². The lowest BCUT2D eigenvalue weighted by molar-refractivity contribution is 0.0169. The Morgan fingerprint density at radius 3 is 2.53 bits per heavy atom. The number of nitrogens with zero attached hydrogens (tertiary/aromatic N) is 1. The summed E-state index contributed by atoms with van der Waals surface area (Å²) < 4.78 is 0. The van der Waals surface area contributed by atoms with Gasteiger partial charge in [0.25, 0.3) is 0 Å². The number of aliphatic hydroxyl groups excluding tert-OH is 2. The van der Waals surface area contributed by atoms with E-state index in [0.717, 1.165) is 44.3 Å². The Kier molecular flexibility index (Phi) is 6.45. The minimum atomic E-state index is -0.141. The first kappa shape index (κ1) is 14.9. The zero-order valence-corrected chi connectivity index (χ0v) is 11.6. The standard InChI is InChI=1S/C14H29NO2/c1-4-15(7-8-16)10-13-9-12(11(2)3)5-6-14(13)17/h11-14,16-17H,4-10H2,1-3H3. The van der Waals surface area contributed by atoms with Crippen molar-refractivity contribution in [3.63, 3.8) is 0 Å². The molecule has 0 heterocycles. The second kappa shape index (κ2) is 7.34. The van der Waals surface area contributed by atoms with E-state index in [1.165, 1.54) is 6.42 Å². The molecule has 2 N–H and O–H groups in total. The van der Waals surface area contributed by atoms with Crippen LogP contribution in [0.4, 0.5) is 0 Å². The molecule has 1 fully saturated rings. The van der Waals surface area contributed by atoms with E-state index in [-0.39, 0.29) is 12.7 Å². The van der Waals surface area contributed by atoms with Gasteiger partial charge in [-0.1, -0.05) is 20.8 Å². The van der Waals surface area contributed by atoms with Gasteiger partial charge in [0.15, 0.2) is 0 Å². The van der Waals surface area contributed by atoms with E-state index in [4.69, 9.17) is 5.11 Å². The molecule has 17 heavy (non-hydrogen) atoms. The number of aliphatic hydroxyl groups is 2. The number of rotatable bonds is 6. The van der Waals surface area contributed by atoms with Crippen molar-refractivity contribution in [2.45, 2.75) is 46.1 Å². The predicted octanol–water partition coefficient (Wildman–Crippen LogP) is 1.73. The van der Waals surface area contributed by atoms with E-state index >= 15 is 0 Å². The molecule has 0 aliphatic heterocycles. The molecular formula is C14H29NO2. The second-order valence-electron chi connectivity index (χ2n) is 5.76. The number of hydrogen-bond acceptors (Lipinski definition) is 3. The van der Waals surface area contributed by atoms with Crippen molar-refractivity contribution in [1.29, 1.82) is 0 Å². The van der Waals surface area contributed by atoms with Gasteiger partial charge < -0.3 is 15.1 Å². The average molecular weight is 243 g/mol. The normalized spacial score (nSPS) is 30.2. The van der Waals surface area contributed by atoms with Crippen molar-refractivity contribution in [2.75, 3.05) is 26.2 Å². The largest absolute Gasteiger partial charge is 0.395 e. The van der Waals surface area contributed by atoms with Gasteiger partial charge in [0.05, 0.1) is 12.7 Å². The third kappa shape index (κ3) is 4.57. The van der Waals surface area contributed by atoms with Gasteiger partial charge in [-0.2, -0.15) is 0 Å². The summed E-state index contributed by atoms with van der Waals surface area (Å²) in [5, 5.41) is 19.1. The molecule has 1 saturated carbocycles. The molecule has 1 aliphatic rings. The molecule has 3 heteroatoms. The van der Waals surface area contributed by atoms with E-state index in [9.17, 15) is 5.11 Å². The lowest BCUT2D eigenvalue weighted by atomic mass is 9.74. The highest BCUT2D eigenvalue weighted by atomic mass is 16.3. The Bertz CT molecular complexity index is 208. The molecule has 0 aromatic heterocycles. The first-order valence-corrected chi connectivity index (χ1v) is 7.09. The van der Waals surface area contributed by atoms with Crippen LogP contribution in [0.25, 0.3) is 0 Å². The third-order valence-corrected chi connectivity index (χ3v) is 4.28. The molecular weight excluding hydrogens is 214 g/mol. The van der Waals surface area contributed by atoms with Crippen molar-refractivity contribution in [3.8, 4) is 0 Å². The summed E-state index contributed by atoms with van der Waals surface area (Å²) in [6.07, 6.45) is 3.12. The van der Waals surface area contributed by atoms with Crippen molar-refractivity contribution in [3.05, 3.63) is 0 Å². The fraction of sp³-hybridized carbons (Fsp3) is 1.00. The Morgan fingerprint density at radius 2 is 2.00 bits per heavy atom. The predicted molar refractivity (Wildman–Crippen MR) is 70.9 cm³/mol.